The summed E-state index contributed by atoms with van der Waals surface area (Å²) in [5.41, 5.74) is 8.52. The van der Waals surface area contributed by atoms with E-state index in [1.54, 1.807) is 0 Å². The van der Waals surface area contributed by atoms with Crippen LogP contribution in [-0.2, 0) is 0 Å². The maximum absolute atomic E-state index is 5.90. The SMILES string of the molecule is NNC(N)=[N+]1C2CC3CC(C2)CC1C3. The fourth-order valence-corrected chi connectivity index (χ4v) is 4.00. The molecule has 0 unspecified atom stereocenters. The standard InChI is InChI=1S/C10H18N4/c11-10(13-12)14-8-2-6-1-7(4-8)5-9(14)3-6/h6-9H,1-5,12H2,(H2,11,13)/p+1. The molecule has 0 aromatic rings. The van der Waals surface area contributed by atoms with Crippen molar-refractivity contribution >= 4 is 5.96 Å². The molecule has 2 saturated carbocycles. The predicted octanol–water partition coefficient (Wildman–Crippen LogP) is -0.262. The molecule has 0 spiro atoms. The van der Waals surface area contributed by atoms with Crippen molar-refractivity contribution in [2.24, 2.45) is 23.4 Å². The number of guanidine groups is 1. The van der Waals surface area contributed by atoms with E-state index in [2.05, 4.69) is 10.0 Å². The predicted molar refractivity (Wildman–Crippen MR) is 54.4 cm³/mol. The normalized spacial score (nSPS) is 44.2. The Bertz CT molecular complexity index is 254. The highest BCUT2D eigenvalue weighted by molar-refractivity contribution is 5.72. The van der Waals surface area contributed by atoms with E-state index in [9.17, 15) is 0 Å². The van der Waals surface area contributed by atoms with Crippen molar-refractivity contribution in [1.29, 1.82) is 0 Å². The zero-order chi connectivity index (χ0) is 9.71. The van der Waals surface area contributed by atoms with E-state index < -0.39 is 0 Å². The van der Waals surface area contributed by atoms with Gasteiger partial charge < -0.3 is 0 Å². The Balaban J connectivity index is 1.95. The monoisotopic (exact) mass is 195 g/mol. The molecule has 2 aliphatic carbocycles. The van der Waals surface area contributed by atoms with Crippen molar-refractivity contribution in [1.82, 2.24) is 5.43 Å². The lowest BCUT2D eigenvalue weighted by molar-refractivity contribution is -0.638. The highest BCUT2D eigenvalue weighted by Gasteiger charge is 2.47. The number of nitrogens with two attached hydrogens (primary N) is 2. The number of hydrazine groups is 1. The summed E-state index contributed by atoms with van der Waals surface area (Å²) in [5.74, 6) is 8.02. The quantitative estimate of drug-likeness (QED) is 0.216. The molecule has 0 radical (unpaired) electrons. The van der Waals surface area contributed by atoms with Crippen LogP contribution in [0.5, 0.6) is 0 Å². The smallest absolute Gasteiger partial charge is 0.289 e. The Hall–Kier alpha value is -0.770. The second-order valence-corrected chi connectivity index (χ2v) is 5.16. The van der Waals surface area contributed by atoms with Gasteiger partial charge in [0.1, 0.15) is 0 Å². The maximum atomic E-state index is 5.90. The van der Waals surface area contributed by atoms with Crippen LogP contribution in [0, 0.1) is 11.8 Å². The van der Waals surface area contributed by atoms with Crippen molar-refractivity contribution in [3.63, 3.8) is 0 Å². The third-order valence-electron chi connectivity index (χ3n) is 4.30. The Morgan fingerprint density at radius 3 is 1.93 bits per heavy atom. The molecule has 2 heterocycles. The number of piperidine rings is 2. The average Bonchev–Trinajstić information content (AvgIpc) is 2.15. The summed E-state index contributed by atoms with van der Waals surface area (Å²) in [6.07, 6.45) is 6.78. The third kappa shape index (κ3) is 1.06. The van der Waals surface area contributed by atoms with Gasteiger partial charge in [-0.2, -0.15) is 5.84 Å². The van der Waals surface area contributed by atoms with Crippen LogP contribution in [0.3, 0.4) is 0 Å². The molecule has 5 N–H and O–H groups in total. The first kappa shape index (κ1) is 8.53. The van der Waals surface area contributed by atoms with E-state index in [1.165, 1.54) is 32.1 Å². The van der Waals surface area contributed by atoms with E-state index in [-0.39, 0.29) is 0 Å². The van der Waals surface area contributed by atoms with Crippen molar-refractivity contribution in [3.05, 3.63) is 0 Å². The first-order valence-corrected chi connectivity index (χ1v) is 5.65. The topological polar surface area (TPSA) is 67.1 Å². The zero-order valence-corrected chi connectivity index (χ0v) is 8.45. The van der Waals surface area contributed by atoms with Gasteiger partial charge in [0.2, 0.25) is 0 Å². The van der Waals surface area contributed by atoms with Crippen LogP contribution < -0.4 is 17.0 Å². The van der Waals surface area contributed by atoms with Crippen LogP contribution in [-0.4, -0.2) is 22.6 Å². The average molecular weight is 195 g/mol. The Morgan fingerprint density at radius 1 is 1.00 bits per heavy atom. The molecule has 4 heteroatoms. The molecule has 4 bridgehead atoms. The first-order chi connectivity index (χ1) is 6.78. The minimum atomic E-state index is 0.669. The summed E-state index contributed by atoms with van der Waals surface area (Å²) in [5, 5.41) is 0. The molecule has 0 atom stereocenters. The van der Waals surface area contributed by atoms with Crippen LogP contribution in [0.4, 0.5) is 0 Å². The summed E-state index contributed by atoms with van der Waals surface area (Å²) < 4.78 is 2.34. The number of hydrogen-bond acceptors (Lipinski definition) is 1. The van der Waals surface area contributed by atoms with Gasteiger partial charge in [0.05, 0.1) is 12.1 Å². The van der Waals surface area contributed by atoms with Gasteiger partial charge in [-0.1, -0.05) is 0 Å². The molecule has 4 rings (SSSR count). The number of rotatable bonds is 0. The highest BCUT2D eigenvalue weighted by atomic mass is 15.4. The third-order valence-corrected chi connectivity index (χ3v) is 4.30. The van der Waals surface area contributed by atoms with Gasteiger partial charge in [-0.3, -0.25) is 10.3 Å². The summed E-state index contributed by atoms with van der Waals surface area (Å²) in [7, 11) is 0. The van der Waals surface area contributed by atoms with Crippen LogP contribution >= 0.6 is 0 Å². The van der Waals surface area contributed by atoms with Crippen LogP contribution in [0.15, 0.2) is 0 Å². The molecule has 0 aromatic carbocycles. The lowest BCUT2D eigenvalue weighted by Crippen LogP contribution is -2.59. The highest BCUT2D eigenvalue weighted by Crippen LogP contribution is 2.47. The van der Waals surface area contributed by atoms with Crippen molar-refractivity contribution < 1.29 is 4.58 Å². The van der Waals surface area contributed by atoms with Crippen molar-refractivity contribution in [3.8, 4) is 0 Å². The number of nitrogens with zero attached hydrogens (tertiary/aromatic N) is 1. The van der Waals surface area contributed by atoms with Crippen LogP contribution in [0.2, 0.25) is 0 Å². The first-order valence-electron chi connectivity index (χ1n) is 5.65. The molecule has 14 heavy (non-hydrogen) atoms. The molecule has 4 aliphatic rings. The molecule has 4 nitrogen and oxygen atoms in total. The van der Waals surface area contributed by atoms with Gasteiger partial charge in [-0.05, 0) is 43.9 Å². The van der Waals surface area contributed by atoms with Crippen LogP contribution in [0.1, 0.15) is 32.1 Å². The largest absolute Gasteiger partial charge is 0.360 e. The van der Waals surface area contributed by atoms with Gasteiger partial charge in [0.25, 0.3) is 0 Å². The van der Waals surface area contributed by atoms with Crippen LogP contribution in [0.25, 0.3) is 0 Å². The van der Waals surface area contributed by atoms with E-state index in [0.717, 1.165) is 11.8 Å². The molecule has 2 aliphatic heterocycles. The minimum Gasteiger partial charge on any atom is -0.289 e. The number of nitrogens with one attached hydrogen (secondary N) is 1. The van der Waals surface area contributed by atoms with Crippen molar-refractivity contribution in [2.45, 2.75) is 44.2 Å². The van der Waals surface area contributed by atoms with Gasteiger partial charge >= 0.3 is 5.96 Å². The Kier molecular flexibility index (Phi) is 1.74. The minimum absolute atomic E-state index is 0.669. The summed E-state index contributed by atoms with van der Waals surface area (Å²) in [6.45, 7) is 0. The zero-order valence-electron chi connectivity index (χ0n) is 8.45. The molecular formula is C10H19N4+. The molecular weight excluding hydrogens is 176 g/mol. The van der Waals surface area contributed by atoms with E-state index in [0.29, 0.717) is 18.0 Å². The maximum Gasteiger partial charge on any atom is 0.360 e. The molecule has 0 aromatic heterocycles. The molecule has 78 valence electrons. The second-order valence-electron chi connectivity index (χ2n) is 5.16. The molecule has 2 saturated heterocycles. The Labute approximate surface area is 84.3 Å². The second kappa shape index (κ2) is 2.86. The van der Waals surface area contributed by atoms with Gasteiger partial charge in [0, 0.05) is 0 Å². The van der Waals surface area contributed by atoms with E-state index in [4.69, 9.17) is 11.6 Å². The molecule has 0 amide bonds. The van der Waals surface area contributed by atoms with Gasteiger partial charge in [0.15, 0.2) is 0 Å². The summed E-state index contributed by atoms with van der Waals surface area (Å²) in [6, 6.07) is 1.34. The summed E-state index contributed by atoms with van der Waals surface area (Å²) in [4.78, 5) is 0. The number of hydrogen-bond donors (Lipinski definition) is 3. The van der Waals surface area contributed by atoms with E-state index in [1.807, 2.05) is 0 Å². The lowest BCUT2D eigenvalue weighted by Gasteiger charge is -2.50. The fraction of sp³-hybridized carbons (Fsp3) is 0.900. The van der Waals surface area contributed by atoms with Crippen molar-refractivity contribution in [2.75, 3.05) is 0 Å². The van der Waals surface area contributed by atoms with Gasteiger partial charge in [-0.25, -0.2) is 5.43 Å². The van der Waals surface area contributed by atoms with E-state index >= 15 is 0 Å². The fourth-order valence-electron chi connectivity index (χ4n) is 4.00. The Morgan fingerprint density at radius 2 is 1.50 bits per heavy atom. The lowest BCUT2D eigenvalue weighted by atomic mass is 9.64. The molecule has 4 fully saturated rings. The summed E-state index contributed by atoms with van der Waals surface area (Å²) >= 11 is 0. The van der Waals surface area contributed by atoms with Gasteiger partial charge in [-0.15, -0.1) is 0 Å².